The average Bonchev–Trinajstić information content (AvgIpc) is 3.78. The minimum Gasteiger partial charge on any atom is -0.504 e. The van der Waals surface area contributed by atoms with Gasteiger partial charge in [0.1, 0.15) is 18.1 Å². The number of phenolic OH excluding ortho intramolecular Hbond substituents is 1. The number of hydrogen-bond donors (Lipinski definition) is 5. The number of nitrogens with two attached hydrogens (primary N) is 1. The number of esters is 2. The van der Waals surface area contributed by atoms with Crippen LogP contribution in [0, 0.1) is 13.8 Å². The molecule has 2 saturated heterocycles. The molecule has 4 aromatic rings. The van der Waals surface area contributed by atoms with Crippen molar-refractivity contribution in [2.45, 2.75) is 81.2 Å². The van der Waals surface area contributed by atoms with E-state index in [-0.39, 0.29) is 43.9 Å². The third kappa shape index (κ3) is 5.02. The third-order valence-electron chi connectivity index (χ3n) is 13.1. The number of phenols is 1. The highest BCUT2D eigenvalue weighted by molar-refractivity contribution is 7.99. The third-order valence-corrected chi connectivity index (χ3v) is 14.6. The van der Waals surface area contributed by atoms with Gasteiger partial charge in [0.2, 0.25) is 6.79 Å². The lowest BCUT2D eigenvalue weighted by molar-refractivity contribution is -0.218. The van der Waals surface area contributed by atoms with E-state index >= 15 is 4.79 Å². The summed E-state index contributed by atoms with van der Waals surface area (Å²) in [6.07, 6.45) is 0.809. The van der Waals surface area contributed by atoms with Gasteiger partial charge in [-0.1, -0.05) is 31.2 Å². The topological polar surface area (TPSA) is 181 Å². The molecule has 8 aliphatic heterocycles. The Bertz CT molecular complexity index is 2390. The van der Waals surface area contributed by atoms with E-state index in [1.807, 2.05) is 38.1 Å². The first-order valence-electron chi connectivity index (χ1n) is 19.6. The summed E-state index contributed by atoms with van der Waals surface area (Å²) in [5.74, 6) is 0.913. The fraction of sp³-hybridized carbons (Fsp3) is 0.476. The first-order chi connectivity index (χ1) is 27.4. The quantitative estimate of drug-likeness (QED) is 0.148. The van der Waals surface area contributed by atoms with Crippen molar-refractivity contribution < 1.29 is 43.5 Å². The van der Waals surface area contributed by atoms with Crippen LogP contribution in [0.4, 0.5) is 0 Å². The number of H-pyrrole nitrogens is 1. The Hall–Kier alpha value is -4.51. The van der Waals surface area contributed by atoms with Gasteiger partial charge in [-0.05, 0) is 49.6 Å². The van der Waals surface area contributed by atoms with E-state index in [1.54, 1.807) is 7.11 Å². The summed E-state index contributed by atoms with van der Waals surface area (Å²) in [5, 5.41) is 29.6. The number of carbonyl (C=O) groups is 2. The average molecular weight is 798 g/mol. The number of likely N-dealkylation sites (N-methyl/N-ethyl adjacent to an activating group) is 1. The molecule has 6 N–H and O–H groups in total. The summed E-state index contributed by atoms with van der Waals surface area (Å²) in [4.78, 5) is 36.0. The van der Waals surface area contributed by atoms with E-state index in [4.69, 9.17) is 29.4 Å². The Balaban J connectivity index is 1.26. The molecule has 0 radical (unpaired) electrons. The number of aliphatic hydroxyl groups is 1. The Morgan fingerprint density at radius 3 is 2.67 bits per heavy atom. The molecule has 3 aromatic carbocycles. The van der Waals surface area contributed by atoms with E-state index in [2.05, 4.69) is 33.1 Å². The summed E-state index contributed by atoms with van der Waals surface area (Å²) < 4.78 is 30.9. The molecule has 0 amide bonds. The molecule has 15 heteroatoms. The van der Waals surface area contributed by atoms with Crippen LogP contribution in [0.15, 0.2) is 30.3 Å². The highest BCUT2D eigenvalue weighted by Crippen LogP contribution is 2.65. The van der Waals surface area contributed by atoms with Gasteiger partial charge in [0.25, 0.3) is 0 Å². The fourth-order valence-corrected chi connectivity index (χ4v) is 12.6. The molecular weight excluding hydrogens is 751 g/mol. The number of piperazine rings is 1. The number of aromatic amines is 1. The Labute approximate surface area is 333 Å². The van der Waals surface area contributed by atoms with Crippen LogP contribution in [0.2, 0.25) is 0 Å². The molecule has 14 nitrogen and oxygen atoms in total. The molecule has 8 atom stereocenters. The monoisotopic (exact) mass is 797 g/mol. The maximum absolute atomic E-state index is 15.1. The molecule has 4 bridgehead atoms. The summed E-state index contributed by atoms with van der Waals surface area (Å²) >= 11 is 1.53. The molecule has 57 heavy (non-hydrogen) atoms. The zero-order valence-electron chi connectivity index (χ0n) is 32.6. The van der Waals surface area contributed by atoms with Crippen LogP contribution < -0.4 is 30.0 Å². The number of aromatic hydroxyl groups is 1. The fourth-order valence-electron chi connectivity index (χ4n) is 11.0. The van der Waals surface area contributed by atoms with Gasteiger partial charge in [-0.3, -0.25) is 19.9 Å². The number of nitrogens with zero attached hydrogens (tertiary/aromatic N) is 2. The Kier molecular flexibility index (Phi) is 8.39. The maximum Gasteiger partial charge on any atom is 0.333 e. The van der Waals surface area contributed by atoms with Crippen molar-refractivity contribution >= 4 is 34.6 Å². The summed E-state index contributed by atoms with van der Waals surface area (Å²) in [7, 11) is 1.55. The van der Waals surface area contributed by atoms with Crippen LogP contribution >= 0.6 is 11.8 Å². The first-order valence-corrected chi connectivity index (χ1v) is 20.6. The van der Waals surface area contributed by atoms with Gasteiger partial charge in [0.15, 0.2) is 28.5 Å². The molecule has 8 aliphatic rings. The van der Waals surface area contributed by atoms with Crippen LogP contribution in [0.1, 0.15) is 75.8 Å². The van der Waals surface area contributed by atoms with Gasteiger partial charge in [-0.15, -0.1) is 11.8 Å². The number of nitrogens with one attached hydrogen (secondary N) is 2. The first kappa shape index (κ1) is 36.8. The van der Waals surface area contributed by atoms with Crippen LogP contribution in [0.25, 0.3) is 10.9 Å². The van der Waals surface area contributed by atoms with Crippen LogP contribution in [0.3, 0.4) is 0 Å². The second-order valence-electron chi connectivity index (χ2n) is 16.2. The Morgan fingerprint density at radius 1 is 1.12 bits per heavy atom. The van der Waals surface area contributed by atoms with Crippen molar-refractivity contribution in [2.75, 3.05) is 45.9 Å². The van der Waals surface area contributed by atoms with Gasteiger partial charge in [-0.25, -0.2) is 4.79 Å². The summed E-state index contributed by atoms with van der Waals surface area (Å²) in [6.45, 7) is 8.06. The largest absolute Gasteiger partial charge is 0.504 e. The maximum atomic E-state index is 15.1. The number of aryl methyl sites for hydroxylation is 1. The molecule has 0 saturated carbocycles. The number of ether oxygens (including phenoxy) is 5. The zero-order chi connectivity index (χ0) is 39.7. The Morgan fingerprint density at radius 2 is 1.91 bits per heavy atom. The minimum atomic E-state index is -1.50. The van der Waals surface area contributed by atoms with Crippen LogP contribution in [0.5, 0.6) is 28.7 Å². The number of rotatable bonds is 4. The van der Waals surface area contributed by atoms with Crippen molar-refractivity contribution in [1.82, 2.24) is 20.1 Å². The van der Waals surface area contributed by atoms with E-state index < -0.39 is 46.6 Å². The highest BCUT2D eigenvalue weighted by Gasteiger charge is 2.64. The van der Waals surface area contributed by atoms with E-state index in [9.17, 15) is 15.0 Å². The van der Waals surface area contributed by atoms with E-state index in [1.165, 1.54) is 18.7 Å². The second kappa shape index (κ2) is 13.0. The minimum absolute atomic E-state index is 0.0349. The summed E-state index contributed by atoms with van der Waals surface area (Å²) in [6, 6.07) is 7.98. The summed E-state index contributed by atoms with van der Waals surface area (Å²) in [5.41, 5.74) is 10.4. The van der Waals surface area contributed by atoms with Gasteiger partial charge < -0.3 is 44.6 Å². The molecule has 0 aliphatic carbocycles. The lowest BCUT2D eigenvalue weighted by atomic mass is 9.78. The second-order valence-corrected chi connectivity index (χ2v) is 17.3. The lowest BCUT2D eigenvalue weighted by Gasteiger charge is -2.61. The molecule has 9 heterocycles. The standard InChI is InChI=1S/C42H47N5O9S/c1-6-46-16-41(51)13-22-11-19(2)34(52-5)33(49)28(22)31(46)32-38-30-29(37-36(54-18-55-37)20(3)35(30)56-21(4)48)27(47(32)41)15-53-40(50)42(17-57-38)39-25(12-23(14-43)45-42)24-9-7-8-10-26(24)44-39/h7-11,23,27,31-32,38,44-45,49,51H,6,12-18,43H2,1-5H3/t23-,27+,31+,32-,38-,41?,42-/m1/s1. The van der Waals surface area contributed by atoms with Crippen molar-refractivity contribution in [2.24, 2.45) is 5.73 Å². The SMILES string of the molecule is CCN1CC2(O)Cc3cc(C)c(OC)c(O)c3[C@H]1[C@@H]1[C@@H]3SC[C@]4(N[C@@H](CN)Cc5c4[nH]c4ccccc54)C(=O)OC[C@@H](c4c5c(c(C)c(OC(C)=O)c43)OCO5)N12. The number of para-hydroxylation sites is 1. The number of aromatic nitrogens is 1. The van der Waals surface area contributed by atoms with Crippen LogP contribution in [-0.4, -0.2) is 101 Å². The van der Waals surface area contributed by atoms with Gasteiger partial charge in [-0.2, -0.15) is 0 Å². The number of methoxy groups -OCH3 is 1. The molecule has 12 rings (SSSR count). The normalized spacial score (nSPS) is 31.0. The number of carbonyl (C=O) groups excluding carboxylic acids is 2. The zero-order valence-corrected chi connectivity index (χ0v) is 33.4. The van der Waals surface area contributed by atoms with E-state index in [0.717, 1.165) is 33.3 Å². The highest BCUT2D eigenvalue weighted by atomic mass is 32.2. The predicted molar refractivity (Wildman–Crippen MR) is 211 cm³/mol. The number of fused-ring (bicyclic) bond motifs is 8. The van der Waals surface area contributed by atoms with Gasteiger partial charge in [0, 0.05) is 77.4 Å². The molecule has 2 unspecified atom stereocenters. The van der Waals surface area contributed by atoms with Crippen molar-refractivity contribution in [1.29, 1.82) is 0 Å². The van der Waals surface area contributed by atoms with Crippen LogP contribution in [-0.2, 0) is 32.7 Å². The molecular formula is C42H47N5O9S. The molecule has 1 spiro atoms. The number of benzene rings is 3. The number of thioether (sulfide) groups is 1. The molecule has 2 fully saturated rings. The molecule has 300 valence electrons. The van der Waals surface area contributed by atoms with Gasteiger partial charge in [0.05, 0.1) is 30.1 Å². The van der Waals surface area contributed by atoms with E-state index in [0.29, 0.717) is 64.8 Å². The lowest BCUT2D eigenvalue weighted by Crippen LogP contribution is -2.70. The predicted octanol–water partition coefficient (Wildman–Crippen LogP) is 3.90. The molecule has 1 aromatic heterocycles. The van der Waals surface area contributed by atoms with Gasteiger partial charge >= 0.3 is 11.9 Å². The van der Waals surface area contributed by atoms with Crippen molar-refractivity contribution in [3.8, 4) is 28.7 Å². The number of hydrogen-bond acceptors (Lipinski definition) is 14. The van der Waals surface area contributed by atoms with Crippen molar-refractivity contribution in [3.05, 3.63) is 75.0 Å². The van der Waals surface area contributed by atoms with Crippen molar-refractivity contribution in [3.63, 3.8) is 0 Å². The smallest absolute Gasteiger partial charge is 0.333 e.